The number of ether oxygens (including phenoxy) is 2. The van der Waals surface area contributed by atoms with Gasteiger partial charge in [0.15, 0.2) is 6.10 Å². The Morgan fingerprint density at radius 2 is 1.89 bits per heavy atom. The molecule has 0 aromatic heterocycles. The lowest BCUT2D eigenvalue weighted by Crippen LogP contribution is -2.40. The summed E-state index contributed by atoms with van der Waals surface area (Å²) in [6.07, 6.45) is -0.489. The molecular weight excluding hydrogens is 230 g/mol. The molecule has 4 nitrogen and oxygen atoms in total. The van der Waals surface area contributed by atoms with Crippen molar-refractivity contribution in [2.24, 2.45) is 0 Å². The van der Waals surface area contributed by atoms with Gasteiger partial charge in [0.05, 0.1) is 7.11 Å². The SMILES string of the molecule is CCN(CC)C(=O)C(C)Oc1cccc(OC)c1. The molecule has 1 aromatic carbocycles. The van der Waals surface area contributed by atoms with Crippen LogP contribution in [-0.4, -0.2) is 37.1 Å². The first kappa shape index (κ1) is 14.4. The Balaban J connectivity index is 2.68. The Morgan fingerprint density at radius 3 is 2.44 bits per heavy atom. The lowest BCUT2D eigenvalue weighted by Gasteiger charge is -2.23. The zero-order valence-electron chi connectivity index (χ0n) is 11.5. The monoisotopic (exact) mass is 251 g/mol. The van der Waals surface area contributed by atoms with E-state index >= 15 is 0 Å². The Hall–Kier alpha value is -1.71. The highest BCUT2D eigenvalue weighted by molar-refractivity contribution is 5.80. The quantitative estimate of drug-likeness (QED) is 0.779. The fourth-order valence-corrected chi connectivity index (χ4v) is 1.72. The Kier molecular flexibility index (Phi) is 5.49. The van der Waals surface area contributed by atoms with Gasteiger partial charge < -0.3 is 14.4 Å². The van der Waals surface area contributed by atoms with E-state index in [1.807, 2.05) is 32.0 Å². The molecule has 4 heteroatoms. The summed E-state index contributed by atoms with van der Waals surface area (Å²) in [6.45, 7) is 7.07. The average molecular weight is 251 g/mol. The van der Waals surface area contributed by atoms with Crippen LogP contribution < -0.4 is 9.47 Å². The van der Waals surface area contributed by atoms with Gasteiger partial charge in [-0.2, -0.15) is 0 Å². The van der Waals surface area contributed by atoms with E-state index in [1.165, 1.54) is 0 Å². The molecule has 1 atom stereocenters. The molecule has 1 unspecified atom stereocenters. The number of carbonyl (C=O) groups is 1. The van der Waals surface area contributed by atoms with Crippen LogP contribution in [0, 0.1) is 0 Å². The maximum atomic E-state index is 12.0. The Labute approximate surface area is 108 Å². The largest absolute Gasteiger partial charge is 0.497 e. The van der Waals surface area contributed by atoms with E-state index in [0.717, 1.165) is 5.75 Å². The number of hydrogen-bond acceptors (Lipinski definition) is 3. The molecule has 1 rings (SSSR count). The lowest BCUT2D eigenvalue weighted by atomic mass is 10.3. The third kappa shape index (κ3) is 3.65. The van der Waals surface area contributed by atoms with Gasteiger partial charge in [0, 0.05) is 19.2 Å². The van der Waals surface area contributed by atoms with Gasteiger partial charge in [0.25, 0.3) is 5.91 Å². The first-order valence-electron chi connectivity index (χ1n) is 6.21. The number of likely N-dealkylation sites (N-methyl/N-ethyl adjacent to an activating group) is 1. The fraction of sp³-hybridized carbons (Fsp3) is 0.500. The van der Waals surface area contributed by atoms with Crippen LogP contribution in [0.25, 0.3) is 0 Å². The van der Waals surface area contributed by atoms with Crippen molar-refractivity contribution in [1.29, 1.82) is 0 Å². The topological polar surface area (TPSA) is 38.8 Å². The van der Waals surface area contributed by atoms with Crippen LogP contribution in [0.3, 0.4) is 0 Å². The van der Waals surface area contributed by atoms with E-state index in [0.29, 0.717) is 18.8 Å². The summed E-state index contributed by atoms with van der Waals surface area (Å²) in [4.78, 5) is 13.8. The number of amides is 1. The van der Waals surface area contributed by atoms with Crippen LogP contribution in [0.4, 0.5) is 0 Å². The minimum atomic E-state index is -0.489. The van der Waals surface area contributed by atoms with Crippen LogP contribution in [-0.2, 0) is 4.79 Å². The summed E-state index contributed by atoms with van der Waals surface area (Å²) in [7, 11) is 1.60. The van der Waals surface area contributed by atoms with Crippen molar-refractivity contribution in [1.82, 2.24) is 4.90 Å². The minimum absolute atomic E-state index is 0.00261. The predicted octanol–water partition coefficient (Wildman–Crippen LogP) is 2.33. The standard InChI is InChI=1S/C14H21NO3/c1-5-15(6-2)14(16)11(3)18-13-9-7-8-12(10-13)17-4/h7-11H,5-6H2,1-4H3. The molecule has 0 heterocycles. The summed E-state index contributed by atoms with van der Waals surface area (Å²) in [6, 6.07) is 7.26. The van der Waals surface area contributed by atoms with Gasteiger partial charge in [0.1, 0.15) is 11.5 Å². The second-order valence-corrected chi connectivity index (χ2v) is 3.95. The first-order valence-corrected chi connectivity index (χ1v) is 6.21. The maximum absolute atomic E-state index is 12.0. The summed E-state index contributed by atoms with van der Waals surface area (Å²) >= 11 is 0. The van der Waals surface area contributed by atoms with Gasteiger partial charge in [-0.3, -0.25) is 4.79 Å². The van der Waals surface area contributed by atoms with E-state index in [4.69, 9.17) is 9.47 Å². The summed E-state index contributed by atoms with van der Waals surface area (Å²) in [5.74, 6) is 1.36. The normalized spacial score (nSPS) is 11.8. The summed E-state index contributed by atoms with van der Waals surface area (Å²) in [5.41, 5.74) is 0. The molecule has 0 aliphatic rings. The van der Waals surface area contributed by atoms with E-state index in [2.05, 4.69) is 0 Å². The highest BCUT2D eigenvalue weighted by Gasteiger charge is 2.19. The number of hydrogen-bond donors (Lipinski definition) is 0. The lowest BCUT2D eigenvalue weighted by molar-refractivity contribution is -0.137. The zero-order chi connectivity index (χ0) is 13.5. The molecule has 0 saturated heterocycles. The van der Waals surface area contributed by atoms with Crippen LogP contribution in [0.5, 0.6) is 11.5 Å². The number of nitrogens with zero attached hydrogens (tertiary/aromatic N) is 1. The highest BCUT2D eigenvalue weighted by Crippen LogP contribution is 2.20. The third-order valence-corrected chi connectivity index (χ3v) is 2.78. The molecule has 1 amide bonds. The molecule has 0 bridgehead atoms. The average Bonchev–Trinajstić information content (AvgIpc) is 2.40. The zero-order valence-corrected chi connectivity index (χ0v) is 11.5. The molecule has 0 spiro atoms. The first-order chi connectivity index (χ1) is 8.62. The summed E-state index contributed by atoms with van der Waals surface area (Å²) < 4.78 is 10.7. The molecule has 0 aliphatic carbocycles. The number of benzene rings is 1. The number of rotatable bonds is 6. The van der Waals surface area contributed by atoms with Crippen LogP contribution in [0.2, 0.25) is 0 Å². The maximum Gasteiger partial charge on any atom is 0.263 e. The summed E-state index contributed by atoms with van der Waals surface area (Å²) in [5, 5.41) is 0. The number of methoxy groups -OCH3 is 1. The van der Waals surface area contributed by atoms with Crippen LogP contribution in [0.15, 0.2) is 24.3 Å². The van der Waals surface area contributed by atoms with E-state index in [1.54, 1.807) is 25.0 Å². The van der Waals surface area contributed by atoms with Crippen molar-refractivity contribution in [3.05, 3.63) is 24.3 Å². The van der Waals surface area contributed by atoms with Gasteiger partial charge in [-0.25, -0.2) is 0 Å². The molecule has 100 valence electrons. The van der Waals surface area contributed by atoms with Crippen molar-refractivity contribution in [3.63, 3.8) is 0 Å². The van der Waals surface area contributed by atoms with Gasteiger partial charge in [-0.1, -0.05) is 6.07 Å². The van der Waals surface area contributed by atoms with Gasteiger partial charge in [-0.15, -0.1) is 0 Å². The third-order valence-electron chi connectivity index (χ3n) is 2.78. The highest BCUT2D eigenvalue weighted by atomic mass is 16.5. The molecule has 1 aromatic rings. The van der Waals surface area contributed by atoms with Crippen molar-refractivity contribution < 1.29 is 14.3 Å². The van der Waals surface area contributed by atoms with Crippen molar-refractivity contribution in [2.75, 3.05) is 20.2 Å². The van der Waals surface area contributed by atoms with Crippen molar-refractivity contribution in [3.8, 4) is 11.5 Å². The van der Waals surface area contributed by atoms with Crippen molar-refractivity contribution >= 4 is 5.91 Å². The number of carbonyl (C=O) groups excluding carboxylic acids is 1. The van der Waals surface area contributed by atoms with Crippen molar-refractivity contribution in [2.45, 2.75) is 26.9 Å². The predicted molar refractivity (Wildman–Crippen MR) is 71.0 cm³/mol. The van der Waals surface area contributed by atoms with E-state index < -0.39 is 6.10 Å². The smallest absolute Gasteiger partial charge is 0.263 e. The van der Waals surface area contributed by atoms with Gasteiger partial charge in [-0.05, 0) is 32.9 Å². The molecule has 0 fully saturated rings. The Morgan fingerprint density at radius 1 is 1.28 bits per heavy atom. The fourth-order valence-electron chi connectivity index (χ4n) is 1.72. The molecule has 0 N–H and O–H groups in total. The molecular formula is C14H21NO3. The van der Waals surface area contributed by atoms with Crippen LogP contribution in [0.1, 0.15) is 20.8 Å². The minimum Gasteiger partial charge on any atom is -0.497 e. The van der Waals surface area contributed by atoms with Gasteiger partial charge in [0.2, 0.25) is 0 Å². The van der Waals surface area contributed by atoms with E-state index in [9.17, 15) is 4.79 Å². The molecule has 0 aliphatic heterocycles. The van der Waals surface area contributed by atoms with E-state index in [-0.39, 0.29) is 5.91 Å². The molecule has 0 saturated carbocycles. The van der Waals surface area contributed by atoms with Crippen LogP contribution >= 0.6 is 0 Å². The second kappa shape index (κ2) is 6.89. The second-order valence-electron chi connectivity index (χ2n) is 3.95. The molecule has 0 radical (unpaired) electrons. The van der Waals surface area contributed by atoms with Gasteiger partial charge >= 0.3 is 0 Å². The molecule has 18 heavy (non-hydrogen) atoms. The Bertz CT molecular complexity index is 388.